The standard InChI is InChI=1S/C20H21FN2O3S/c1-4-5-10-26-20(25)12(2)23-11-22-18-17(19(23)24)16(13(3)27-18)14-6-8-15(21)9-7-14/h6-9,11-12H,4-5,10H2,1-3H3/t12-/m1/s1. The summed E-state index contributed by atoms with van der Waals surface area (Å²) in [6, 6.07) is 5.24. The molecule has 0 saturated carbocycles. The molecular formula is C20H21FN2O3S. The Kier molecular flexibility index (Phi) is 5.70. The number of carbonyl (C=O) groups is 1. The maximum Gasteiger partial charge on any atom is 0.328 e. The van der Waals surface area contributed by atoms with E-state index in [9.17, 15) is 14.0 Å². The first kappa shape index (κ1) is 19.2. The first-order valence-electron chi connectivity index (χ1n) is 8.86. The van der Waals surface area contributed by atoms with E-state index in [2.05, 4.69) is 4.98 Å². The van der Waals surface area contributed by atoms with Crippen molar-refractivity contribution < 1.29 is 13.9 Å². The summed E-state index contributed by atoms with van der Waals surface area (Å²) in [4.78, 5) is 31.3. The molecule has 0 unspecified atom stereocenters. The van der Waals surface area contributed by atoms with Gasteiger partial charge in [0.15, 0.2) is 0 Å². The molecule has 0 aliphatic carbocycles. The van der Waals surface area contributed by atoms with Crippen LogP contribution in [0.1, 0.15) is 37.6 Å². The Balaban J connectivity index is 2.06. The van der Waals surface area contributed by atoms with Gasteiger partial charge in [0.2, 0.25) is 0 Å². The van der Waals surface area contributed by atoms with E-state index in [4.69, 9.17) is 4.74 Å². The lowest BCUT2D eigenvalue weighted by atomic mass is 10.0. The summed E-state index contributed by atoms with van der Waals surface area (Å²) in [7, 11) is 0. The predicted octanol–water partition coefficient (Wildman–Crippen LogP) is 4.48. The Morgan fingerprint density at radius 3 is 2.70 bits per heavy atom. The molecular weight excluding hydrogens is 367 g/mol. The second kappa shape index (κ2) is 8.00. The number of unbranched alkanes of at least 4 members (excludes halogenated alkanes) is 1. The minimum atomic E-state index is -0.771. The molecule has 0 aliphatic heterocycles. The summed E-state index contributed by atoms with van der Waals surface area (Å²) in [5.41, 5.74) is 1.17. The topological polar surface area (TPSA) is 61.2 Å². The molecule has 3 rings (SSSR count). The Hall–Kier alpha value is -2.54. The SMILES string of the molecule is CCCCOC(=O)[C@@H](C)n1cnc2sc(C)c(-c3ccc(F)cc3)c2c1=O. The Bertz CT molecular complexity index is 1020. The van der Waals surface area contributed by atoms with E-state index in [0.29, 0.717) is 16.8 Å². The highest BCUT2D eigenvalue weighted by atomic mass is 32.1. The molecule has 142 valence electrons. The quantitative estimate of drug-likeness (QED) is 0.461. The number of ether oxygens (including phenoxy) is 1. The third kappa shape index (κ3) is 3.78. The van der Waals surface area contributed by atoms with Crippen LogP contribution in [-0.2, 0) is 9.53 Å². The fraction of sp³-hybridized carbons (Fsp3) is 0.350. The zero-order chi connectivity index (χ0) is 19.6. The van der Waals surface area contributed by atoms with Crippen LogP contribution in [-0.4, -0.2) is 22.1 Å². The summed E-state index contributed by atoms with van der Waals surface area (Å²) in [6.07, 6.45) is 3.09. The highest BCUT2D eigenvalue weighted by Gasteiger charge is 2.22. The first-order chi connectivity index (χ1) is 12.9. The summed E-state index contributed by atoms with van der Waals surface area (Å²) >= 11 is 1.40. The van der Waals surface area contributed by atoms with Crippen LogP contribution in [0.3, 0.4) is 0 Å². The molecule has 5 nitrogen and oxygen atoms in total. The van der Waals surface area contributed by atoms with E-state index in [1.807, 2.05) is 13.8 Å². The highest BCUT2D eigenvalue weighted by Crippen LogP contribution is 2.35. The number of thiophene rings is 1. The molecule has 0 N–H and O–H groups in total. The normalized spacial score (nSPS) is 12.3. The van der Waals surface area contributed by atoms with E-state index in [-0.39, 0.29) is 11.4 Å². The Morgan fingerprint density at radius 2 is 2.04 bits per heavy atom. The van der Waals surface area contributed by atoms with Gasteiger partial charge in [-0.15, -0.1) is 11.3 Å². The minimum Gasteiger partial charge on any atom is -0.464 e. The number of halogens is 1. The molecule has 3 aromatic rings. The highest BCUT2D eigenvalue weighted by molar-refractivity contribution is 7.19. The van der Waals surface area contributed by atoms with Crippen LogP contribution in [0, 0.1) is 12.7 Å². The Labute approximate surface area is 160 Å². The smallest absolute Gasteiger partial charge is 0.328 e. The van der Waals surface area contributed by atoms with Crippen molar-refractivity contribution in [2.45, 2.75) is 39.7 Å². The molecule has 2 heterocycles. The number of fused-ring (bicyclic) bond motifs is 1. The number of esters is 1. The maximum absolute atomic E-state index is 13.3. The average molecular weight is 388 g/mol. The lowest BCUT2D eigenvalue weighted by molar-refractivity contribution is -0.147. The van der Waals surface area contributed by atoms with Gasteiger partial charge >= 0.3 is 5.97 Å². The van der Waals surface area contributed by atoms with Crippen LogP contribution in [0.4, 0.5) is 4.39 Å². The lowest BCUT2D eigenvalue weighted by Crippen LogP contribution is -2.29. The predicted molar refractivity (Wildman–Crippen MR) is 105 cm³/mol. The van der Waals surface area contributed by atoms with Crippen molar-refractivity contribution in [2.24, 2.45) is 0 Å². The fourth-order valence-corrected chi connectivity index (χ4v) is 3.91. The van der Waals surface area contributed by atoms with Crippen molar-refractivity contribution in [3.8, 4) is 11.1 Å². The first-order valence-corrected chi connectivity index (χ1v) is 9.68. The molecule has 0 bridgehead atoms. The van der Waals surface area contributed by atoms with Gasteiger partial charge in [-0.25, -0.2) is 14.2 Å². The molecule has 0 aliphatic rings. The summed E-state index contributed by atoms with van der Waals surface area (Å²) in [6.45, 7) is 5.87. The van der Waals surface area contributed by atoms with Crippen molar-refractivity contribution in [3.05, 3.63) is 51.6 Å². The molecule has 27 heavy (non-hydrogen) atoms. The summed E-state index contributed by atoms with van der Waals surface area (Å²) in [5.74, 6) is -0.795. The van der Waals surface area contributed by atoms with Gasteiger partial charge in [0, 0.05) is 10.4 Å². The summed E-state index contributed by atoms with van der Waals surface area (Å²) < 4.78 is 19.8. The average Bonchev–Trinajstić information content (AvgIpc) is 2.99. The van der Waals surface area contributed by atoms with Crippen LogP contribution in [0.15, 0.2) is 35.4 Å². The number of aryl methyl sites for hydroxylation is 1. The van der Waals surface area contributed by atoms with Crippen molar-refractivity contribution >= 4 is 27.5 Å². The van der Waals surface area contributed by atoms with E-state index >= 15 is 0 Å². The van der Waals surface area contributed by atoms with Crippen LogP contribution >= 0.6 is 11.3 Å². The number of carbonyl (C=O) groups excluding carboxylic acids is 1. The van der Waals surface area contributed by atoms with Crippen LogP contribution < -0.4 is 5.56 Å². The van der Waals surface area contributed by atoms with Gasteiger partial charge in [0.25, 0.3) is 5.56 Å². The van der Waals surface area contributed by atoms with Gasteiger partial charge in [0.1, 0.15) is 16.7 Å². The molecule has 0 spiro atoms. The second-order valence-corrected chi connectivity index (χ2v) is 7.58. The molecule has 0 radical (unpaired) electrons. The molecule has 0 amide bonds. The molecule has 7 heteroatoms. The Morgan fingerprint density at radius 1 is 1.33 bits per heavy atom. The number of aromatic nitrogens is 2. The largest absolute Gasteiger partial charge is 0.464 e. The van der Waals surface area contributed by atoms with Gasteiger partial charge in [0.05, 0.1) is 18.3 Å². The van der Waals surface area contributed by atoms with E-state index in [1.54, 1.807) is 19.1 Å². The van der Waals surface area contributed by atoms with Gasteiger partial charge in [-0.2, -0.15) is 0 Å². The zero-order valence-electron chi connectivity index (χ0n) is 15.5. The molecule has 1 aromatic carbocycles. The van der Waals surface area contributed by atoms with Crippen LogP contribution in [0.25, 0.3) is 21.3 Å². The zero-order valence-corrected chi connectivity index (χ0v) is 16.3. The third-order valence-corrected chi connectivity index (χ3v) is 5.46. The van der Waals surface area contributed by atoms with Crippen LogP contribution in [0.2, 0.25) is 0 Å². The van der Waals surface area contributed by atoms with E-state index in [0.717, 1.165) is 28.8 Å². The number of benzene rings is 1. The van der Waals surface area contributed by atoms with Gasteiger partial charge in [-0.3, -0.25) is 9.36 Å². The van der Waals surface area contributed by atoms with Crippen molar-refractivity contribution in [1.29, 1.82) is 0 Å². The van der Waals surface area contributed by atoms with Gasteiger partial charge < -0.3 is 4.74 Å². The number of hydrogen-bond donors (Lipinski definition) is 0. The lowest BCUT2D eigenvalue weighted by Gasteiger charge is -2.14. The van der Waals surface area contributed by atoms with E-state index in [1.165, 1.54) is 34.4 Å². The molecule has 0 saturated heterocycles. The van der Waals surface area contributed by atoms with Crippen LogP contribution in [0.5, 0.6) is 0 Å². The number of hydrogen-bond acceptors (Lipinski definition) is 5. The second-order valence-electron chi connectivity index (χ2n) is 6.37. The minimum absolute atomic E-state index is 0.302. The third-order valence-electron chi connectivity index (χ3n) is 4.45. The van der Waals surface area contributed by atoms with Crippen molar-refractivity contribution in [3.63, 3.8) is 0 Å². The summed E-state index contributed by atoms with van der Waals surface area (Å²) in [5, 5.41) is 0.444. The fourth-order valence-electron chi connectivity index (χ4n) is 2.91. The monoisotopic (exact) mass is 388 g/mol. The maximum atomic E-state index is 13.3. The molecule has 1 atom stereocenters. The molecule has 2 aromatic heterocycles. The van der Waals surface area contributed by atoms with Crippen molar-refractivity contribution in [1.82, 2.24) is 9.55 Å². The molecule has 0 fully saturated rings. The van der Waals surface area contributed by atoms with Gasteiger partial charge in [-0.05, 0) is 38.0 Å². The van der Waals surface area contributed by atoms with Gasteiger partial charge in [-0.1, -0.05) is 25.5 Å². The van der Waals surface area contributed by atoms with Crippen molar-refractivity contribution in [2.75, 3.05) is 6.61 Å². The van der Waals surface area contributed by atoms with E-state index < -0.39 is 12.0 Å². The number of rotatable bonds is 6. The number of nitrogens with zero attached hydrogens (tertiary/aromatic N) is 2.